The molecular weight excluding hydrogens is 282 g/mol. The van der Waals surface area contributed by atoms with Crippen LogP contribution in [0.2, 0.25) is 0 Å². The van der Waals surface area contributed by atoms with E-state index < -0.39 is 21.5 Å². The topological polar surface area (TPSA) is 104 Å². The molecule has 2 rings (SSSR count). The number of hydrogen-bond donors (Lipinski definition) is 3. The van der Waals surface area contributed by atoms with Crippen molar-refractivity contribution in [3.8, 4) is 0 Å². The van der Waals surface area contributed by atoms with Crippen molar-refractivity contribution in [1.82, 2.24) is 4.72 Å². The first-order valence-electron chi connectivity index (χ1n) is 6.28. The van der Waals surface area contributed by atoms with E-state index in [2.05, 4.69) is 4.72 Å². The third-order valence-electron chi connectivity index (χ3n) is 3.71. The second-order valence-electron chi connectivity index (χ2n) is 5.18. The predicted octanol–water partition coefficient (Wildman–Crippen LogP) is 0.887. The Balaban J connectivity index is 2.35. The molecule has 1 aromatic carbocycles. The fourth-order valence-corrected chi connectivity index (χ4v) is 3.72. The maximum Gasteiger partial charge on any atom is 0.335 e. The van der Waals surface area contributed by atoms with Crippen molar-refractivity contribution in [2.75, 3.05) is 6.61 Å². The summed E-state index contributed by atoms with van der Waals surface area (Å²) in [5, 5.41) is 18.3. The quantitative estimate of drug-likeness (QED) is 0.749. The highest BCUT2D eigenvalue weighted by Gasteiger charge is 2.40. The summed E-state index contributed by atoms with van der Waals surface area (Å²) in [5.41, 5.74) is -0.343. The number of rotatable bonds is 5. The molecule has 0 saturated heterocycles. The molecule has 0 bridgehead atoms. The summed E-state index contributed by atoms with van der Waals surface area (Å²) in [7, 11) is -3.84. The van der Waals surface area contributed by atoms with Gasteiger partial charge in [-0.1, -0.05) is 6.07 Å². The van der Waals surface area contributed by atoms with E-state index in [-0.39, 0.29) is 17.1 Å². The number of hydrogen-bond acceptors (Lipinski definition) is 4. The first-order valence-corrected chi connectivity index (χ1v) is 7.77. The van der Waals surface area contributed by atoms with Crippen molar-refractivity contribution >= 4 is 16.0 Å². The van der Waals surface area contributed by atoms with Gasteiger partial charge in [0.15, 0.2) is 0 Å². The molecule has 0 aromatic heterocycles. The third-order valence-corrected chi connectivity index (χ3v) is 5.29. The van der Waals surface area contributed by atoms with E-state index >= 15 is 0 Å². The number of carbonyl (C=O) groups is 1. The van der Waals surface area contributed by atoms with E-state index in [1.165, 1.54) is 12.1 Å². The Bertz CT molecular complexity index is 629. The average molecular weight is 299 g/mol. The molecule has 1 aliphatic rings. The fourth-order valence-electron chi connectivity index (χ4n) is 2.24. The van der Waals surface area contributed by atoms with Crippen LogP contribution in [0.25, 0.3) is 0 Å². The standard InChI is InChI=1S/C13H17NO5S/c1-9-3-4-10(7-11(9)12(16)17)20(18,19)14-13(8-15)5-2-6-13/h3-4,7,14-15H,2,5-6,8H2,1H3,(H,16,17). The molecular formula is C13H17NO5S. The van der Waals surface area contributed by atoms with Gasteiger partial charge in [-0.2, -0.15) is 0 Å². The predicted molar refractivity (Wildman–Crippen MR) is 72.1 cm³/mol. The van der Waals surface area contributed by atoms with E-state index in [9.17, 15) is 18.3 Å². The molecule has 0 heterocycles. The van der Waals surface area contributed by atoms with Crippen LogP contribution in [0.5, 0.6) is 0 Å². The minimum absolute atomic E-state index is 0.0421. The second kappa shape index (κ2) is 5.16. The zero-order valence-electron chi connectivity index (χ0n) is 11.1. The van der Waals surface area contributed by atoms with E-state index in [1.807, 2.05) is 0 Å². The SMILES string of the molecule is Cc1ccc(S(=O)(=O)NC2(CO)CCC2)cc1C(=O)O. The van der Waals surface area contributed by atoms with Gasteiger partial charge in [-0.15, -0.1) is 0 Å². The largest absolute Gasteiger partial charge is 0.478 e. The van der Waals surface area contributed by atoms with Gasteiger partial charge in [0, 0.05) is 0 Å². The van der Waals surface area contributed by atoms with Crippen LogP contribution < -0.4 is 4.72 Å². The van der Waals surface area contributed by atoms with Gasteiger partial charge < -0.3 is 10.2 Å². The minimum atomic E-state index is -3.84. The number of aromatic carboxylic acids is 1. The van der Waals surface area contributed by atoms with Gasteiger partial charge in [0.25, 0.3) is 0 Å². The molecule has 1 aromatic rings. The van der Waals surface area contributed by atoms with Crippen LogP contribution in [0.1, 0.15) is 35.2 Å². The lowest BCUT2D eigenvalue weighted by molar-refractivity contribution is 0.0696. The Hall–Kier alpha value is -1.44. The molecule has 110 valence electrons. The highest BCUT2D eigenvalue weighted by molar-refractivity contribution is 7.89. The first kappa shape index (κ1) is 15.0. The van der Waals surface area contributed by atoms with Crippen LogP contribution in [0.3, 0.4) is 0 Å². The van der Waals surface area contributed by atoms with Crippen molar-refractivity contribution in [2.45, 2.75) is 36.6 Å². The third kappa shape index (κ3) is 2.70. The van der Waals surface area contributed by atoms with Gasteiger partial charge in [0.2, 0.25) is 10.0 Å². The van der Waals surface area contributed by atoms with E-state index in [1.54, 1.807) is 6.92 Å². The van der Waals surface area contributed by atoms with Gasteiger partial charge in [-0.25, -0.2) is 17.9 Å². The van der Waals surface area contributed by atoms with Crippen LogP contribution >= 0.6 is 0 Å². The normalized spacial score (nSPS) is 17.5. The van der Waals surface area contributed by atoms with Crippen molar-refractivity contribution in [2.24, 2.45) is 0 Å². The second-order valence-corrected chi connectivity index (χ2v) is 6.86. The first-order chi connectivity index (χ1) is 9.30. The summed E-state index contributed by atoms with van der Waals surface area (Å²) < 4.78 is 27.0. The Kier molecular flexibility index (Phi) is 3.86. The van der Waals surface area contributed by atoms with E-state index in [4.69, 9.17) is 5.11 Å². The van der Waals surface area contributed by atoms with E-state index in [0.717, 1.165) is 12.5 Å². The number of aliphatic hydroxyl groups is 1. The zero-order chi connectivity index (χ0) is 15.0. The molecule has 20 heavy (non-hydrogen) atoms. The maximum absolute atomic E-state index is 12.3. The van der Waals surface area contributed by atoms with Gasteiger partial charge >= 0.3 is 5.97 Å². The summed E-state index contributed by atoms with van der Waals surface area (Å²) in [6, 6.07) is 3.97. The lowest BCUT2D eigenvalue weighted by atomic mass is 9.78. The van der Waals surface area contributed by atoms with Gasteiger partial charge in [0.05, 0.1) is 22.6 Å². The lowest BCUT2D eigenvalue weighted by Crippen LogP contribution is -2.55. The van der Waals surface area contributed by atoms with Gasteiger partial charge in [-0.05, 0) is 43.9 Å². The summed E-state index contributed by atoms with van der Waals surface area (Å²) in [6.45, 7) is 1.35. The van der Waals surface area contributed by atoms with Crippen molar-refractivity contribution in [3.63, 3.8) is 0 Å². The molecule has 0 atom stereocenters. The summed E-state index contributed by atoms with van der Waals surface area (Å²) in [4.78, 5) is 11.0. The number of benzene rings is 1. The molecule has 6 nitrogen and oxygen atoms in total. The van der Waals surface area contributed by atoms with Crippen LogP contribution in [-0.2, 0) is 10.0 Å². The molecule has 1 fully saturated rings. The number of carboxylic acid groups (broad SMARTS) is 1. The van der Waals surface area contributed by atoms with Crippen LogP contribution in [-0.4, -0.2) is 36.7 Å². The summed E-state index contributed by atoms with van der Waals surface area (Å²) in [5.74, 6) is -1.17. The molecule has 0 unspecified atom stereocenters. The Labute approximate surface area is 117 Å². The molecule has 7 heteroatoms. The number of carboxylic acids is 1. The summed E-state index contributed by atoms with van der Waals surface area (Å²) >= 11 is 0. The zero-order valence-corrected chi connectivity index (χ0v) is 11.9. The monoisotopic (exact) mass is 299 g/mol. The molecule has 1 saturated carbocycles. The van der Waals surface area contributed by atoms with Crippen LogP contribution in [0, 0.1) is 6.92 Å². The lowest BCUT2D eigenvalue weighted by Gasteiger charge is -2.40. The molecule has 0 spiro atoms. The molecule has 0 aliphatic heterocycles. The van der Waals surface area contributed by atoms with E-state index in [0.29, 0.717) is 18.4 Å². The van der Waals surface area contributed by atoms with Crippen LogP contribution in [0.15, 0.2) is 23.1 Å². The number of aryl methyl sites for hydroxylation is 1. The highest BCUT2D eigenvalue weighted by Crippen LogP contribution is 2.33. The Morgan fingerprint density at radius 1 is 1.40 bits per heavy atom. The number of nitrogens with one attached hydrogen (secondary N) is 1. The maximum atomic E-state index is 12.3. The molecule has 1 aliphatic carbocycles. The summed E-state index contributed by atoms with van der Waals surface area (Å²) in [6.07, 6.45) is 2.03. The van der Waals surface area contributed by atoms with Crippen molar-refractivity contribution in [3.05, 3.63) is 29.3 Å². The number of sulfonamides is 1. The molecule has 0 amide bonds. The van der Waals surface area contributed by atoms with Gasteiger partial charge in [0.1, 0.15) is 0 Å². The smallest absolute Gasteiger partial charge is 0.335 e. The van der Waals surface area contributed by atoms with Crippen molar-refractivity contribution in [1.29, 1.82) is 0 Å². The Morgan fingerprint density at radius 2 is 2.05 bits per heavy atom. The molecule has 3 N–H and O–H groups in total. The molecule has 0 radical (unpaired) electrons. The van der Waals surface area contributed by atoms with Gasteiger partial charge in [-0.3, -0.25) is 0 Å². The van der Waals surface area contributed by atoms with Crippen molar-refractivity contribution < 1.29 is 23.4 Å². The fraction of sp³-hybridized carbons (Fsp3) is 0.462. The average Bonchev–Trinajstić information content (AvgIpc) is 2.34. The van der Waals surface area contributed by atoms with Crippen LogP contribution in [0.4, 0.5) is 0 Å². The minimum Gasteiger partial charge on any atom is -0.478 e. The number of aliphatic hydroxyl groups excluding tert-OH is 1. The highest BCUT2D eigenvalue weighted by atomic mass is 32.2. The Morgan fingerprint density at radius 3 is 2.50 bits per heavy atom.